The Labute approximate surface area is 118 Å². The zero-order chi connectivity index (χ0) is 14.9. The molecule has 2 rings (SSSR count). The van der Waals surface area contributed by atoms with E-state index in [0.29, 0.717) is 5.69 Å². The van der Waals surface area contributed by atoms with E-state index in [9.17, 15) is 18.3 Å². The first kappa shape index (κ1) is 14.8. The van der Waals surface area contributed by atoms with Crippen molar-refractivity contribution >= 4 is 21.7 Å². The summed E-state index contributed by atoms with van der Waals surface area (Å²) in [6, 6.07) is 4.15. The molecule has 110 valence electrons. The Hall–Kier alpha value is -1.60. The molecule has 0 aliphatic heterocycles. The van der Waals surface area contributed by atoms with Gasteiger partial charge in [-0.2, -0.15) is 0 Å². The van der Waals surface area contributed by atoms with Gasteiger partial charge >= 0.3 is 5.97 Å². The average molecular weight is 298 g/mol. The SMILES string of the molecule is CC(C)Nc1ccc(S(=O)(=O)NC2CC2)cc1C(=O)O. The normalized spacial score (nSPS) is 15.3. The molecule has 1 fully saturated rings. The molecule has 1 aromatic rings. The largest absolute Gasteiger partial charge is 0.478 e. The molecule has 1 saturated carbocycles. The minimum absolute atomic E-state index is 0.0123. The lowest BCUT2D eigenvalue weighted by Gasteiger charge is -2.14. The van der Waals surface area contributed by atoms with Gasteiger partial charge in [0, 0.05) is 17.8 Å². The number of nitrogens with one attached hydrogen (secondary N) is 2. The van der Waals surface area contributed by atoms with Crippen molar-refractivity contribution in [1.82, 2.24) is 4.72 Å². The first-order valence-corrected chi connectivity index (χ1v) is 7.94. The quantitative estimate of drug-likeness (QED) is 0.742. The number of anilines is 1. The third-order valence-electron chi connectivity index (χ3n) is 2.88. The van der Waals surface area contributed by atoms with Crippen LogP contribution in [-0.2, 0) is 10.0 Å². The Morgan fingerprint density at radius 2 is 2.00 bits per heavy atom. The number of hydrogen-bond donors (Lipinski definition) is 3. The molecule has 7 heteroatoms. The van der Waals surface area contributed by atoms with E-state index in [2.05, 4.69) is 10.0 Å². The van der Waals surface area contributed by atoms with Crippen LogP contribution in [0.2, 0.25) is 0 Å². The molecule has 0 spiro atoms. The Kier molecular flexibility index (Phi) is 4.01. The first-order chi connectivity index (χ1) is 9.29. The van der Waals surface area contributed by atoms with Crippen LogP contribution >= 0.6 is 0 Å². The maximum atomic E-state index is 12.1. The highest BCUT2D eigenvalue weighted by atomic mass is 32.2. The maximum Gasteiger partial charge on any atom is 0.337 e. The summed E-state index contributed by atoms with van der Waals surface area (Å²) >= 11 is 0. The molecule has 1 aliphatic carbocycles. The standard InChI is InChI=1S/C13H18N2O4S/c1-8(2)14-12-6-5-10(7-11(12)13(16)17)20(18,19)15-9-3-4-9/h5-9,14-15H,3-4H2,1-2H3,(H,16,17). The van der Waals surface area contributed by atoms with E-state index in [0.717, 1.165) is 12.8 Å². The summed E-state index contributed by atoms with van der Waals surface area (Å²) in [5, 5.41) is 12.2. The monoisotopic (exact) mass is 298 g/mol. The Bertz CT molecular complexity index is 621. The van der Waals surface area contributed by atoms with Crippen LogP contribution in [0.25, 0.3) is 0 Å². The fourth-order valence-electron chi connectivity index (χ4n) is 1.79. The number of carbonyl (C=O) groups is 1. The highest BCUT2D eigenvalue weighted by molar-refractivity contribution is 7.89. The van der Waals surface area contributed by atoms with Crippen molar-refractivity contribution in [2.75, 3.05) is 5.32 Å². The molecule has 3 N–H and O–H groups in total. The predicted molar refractivity (Wildman–Crippen MR) is 75.5 cm³/mol. The van der Waals surface area contributed by atoms with Crippen LogP contribution in [0, 0.1) is 0 Å². The van der Waals surface area contributed by atoms with E-state index < -0.39 is 16.0 Å². The minimum Gasteiger partial charge on any atom is -0.478 e. The second-order valence-corrected chi connectivity index (χ2v) is 6.92. The van der Waals surface area contributed by atoms with Gasteiger partial charge in [0.1, 0.15) is 0 Å². The van der Waals surface area contributed by atoms with Gasteiger partial charge in [0.05, 0.1) is 10.5 Å². The number of hydrogen-bond acceptors (Lipinski definition) is 4. The average Bonchev–Trinajstić information content (AvgIpc) is 3.11. The fourth-order valence-corrected chi connectivity index (χ4v) is 3.12. The molecular weight excluding hydrogens is 280 g/mol. The third-order valence-corrected chi connectivity index (χ3v) is 4.39. The summed E-state index contributed by atoms with van der Waals surface area (Å²) in [5.74, 6) is -1.16. The highest BCUT2D eigenvalue weighted by Gasteiger charge is 2.28. The molecule has 6 nitrogen and oxygen atoms in total. The zero-order valence-corrected chi connectivity index (χ0v) is 12.2. The van der Waals surface area contributed by atoms with Gasteiger partial charge in [-0.05, 0) is 44.9 Å². The topological polar surface area (TPSA) is 95.5 Å². The van der Waals surface area contributed by atoms with Crippen LogP contribution in [0.3, 0.4) is 0 Å². The van der Waals surface area contributed by atoms with Crippen LogP contribution in [0.15, 0.2) is 23.1 Å². The van der Waals surface area contributed by atoms with Gasteiger partial charge in [-0.15, -0.1) is 0 Å². The van der Waals surface area contributed by atoms with Crippen molar-refractivity contribution in [2.24, 2.45) is 0 Å². The Morgan fingerprint density at radius 1 is 1.35 bits per heavy atom. The summed E-state index contributed by atoms with van der Waals surface area (Å²) in [4.78, 5) is 11.2. The second-order valence-electron chi connectivity index (χ2n) is 5.21. The lowest BCUT2D eigenvalue weighted by atomic mass is 10.1. The smallest absolute Gasteiger partial charge is 0.337 e. The molecule has 0 aromatic heterocycles. The minimum atomic E-state index is -3.64. The van der Waals surface area contributed by atoms with E-state index in [-0.39, 0.29) is 22.5 Å². The lowest BCUT2D eigenvalue weighted by molar-refractivity contribution is 0.0697. The summed E-state index contributed by atoms with van der Waals surface area (Å²) in [7, 11) is -3.64. The van der Waals surface area contributed by atoms with E-state index >= 15 is 0 Å². The molecule has 0 amide bonds. The van der Waals surface area contributed by atoms with Gasteiger partial charge in [0.25, 0.3) is 0 Å². The van der Waals surface area contributed by atoms with E-state index in [4.69, 9.17) is 0 Å². The molecule has 0 atom stereocenters. The molecule has 0 saturated heterocycles. The molecule has 0 heterocycles. The zero-order valence-electron chi connectivity index (χ0n) is 11.4. The van der Waals surface area contributed by atoms with E-state index in [1.165, 1.54) is 18.2 Å². The predicted octanol–water partition coefficient (Wildman–Crippen LogP) is 1.65. The summed E-state index contributed by atoms with van der Waals surface area (Å²) in [6.07, 6.45) is 1.66. The van der Waals surface area contributed by atoms with Gasteiger partial charge in [-0.3, -0.25) is 0 Å². The fraction of sp³-hybridized carbons (Fsp3) is 0.462. The molecular formula is C13H18N2O4S. The number of benzene rings is 1. The van der Waals surface area contributed by atoms with Crippen LogP contribution in [0.4, 0.5) is 5.69 Å². The Morgan fingerprint density at radius 3 is 2.50 bits per heavy atom. The number of carboxylic acids is 1. The number of sulfonamides is 1. The van der Waals surface area contributed by atoms with Crippen LogP contribution < -0.4 is 10.0 Å². The van der Waals surface area contributed by atoms with Gasteiger partial charge in [0.15, 0.2) is 0 Å². The van der Waals surface area contributed by atoms with Gasteiger partial charge < -0.3 is 10.4 Å². The van der Waals surface area contributed by atoms with Crippen LogP contribution in [0.5, 0.6) is 0 Å². The number of carboxylic acid groups (broad SMARTS) is 1. The molecule has 0 unspecified atom stereocenters. The highest BCUT2D eigenvalue weighted by Crippen LogP contribution is 2.25. The molecule has 0 radical (unpaired) electrons. The van der Waals surface area contributed by atoms with Crippen molar-refractivity contribution in [2.45, 2.75) is 43.7 Å². The number of rotatable bonds is 6. The molecule has 1 aromatic carbocycles. The first-order valence-electron chi connectivity index (χ1n) is 6.46. The molecule has 20 heavy (non-hydrogen) atoms. The van der Waals surface area contributed by atoms with Gasteiger partial charge in [-0.25, -0.2) is 17.9 Å². The summed E-state index contributed by atoms with van der Waals surface area (Å²) in [5.41, 5.74) is 0.371. The number of aromatic carboxylic acids is 1. The van der Waals surface area contributed by atoms with Crippen molar-refractivity contribution in [3.8, 4) is 0 Å². The molecule has 1 aliphatic rings. The van der Waals surface area contributed by atoms with Crippen molar-refractivity contribution in [3.63, 3.8) is 0 Å². The lowest BCUT2D eigenvalue weighted by Crippen LogP contribution is -2.26. The van der Waals surface area contributed by atoms with E-state index in [1.807, 2.05) is 13.8 Å². The second kappa shape index (κ2) is 5.41. The Balaban J connectivity index is 2.36. The van der Waals surface area contributed by atoms with Crippen LogP contribution in [0.1, 0.15) is 37.0 Å². The van der Waals surface area contributed by atoms with Crippen molar-refractivity contribution in [1.29, 1.82) is 0 Å². The van der Waals surface area contributed by atoms with Crippen LogP contribution in [-0.4, -0.2) is 31.6 Å². The molecule has 0 bridgehead atoms. The van der Waals surface area contributed by atoms with Crippen molar-refractivity contribution in [3.05, 3.63) is 23.8 Å². The maximum absolute atomic E-state index is 12.1. The summed E-state index contributed by atoms with van der Waals surface area (Å²) in [6.45, 7) is 3.76. The summed E-state index contributed by atoms with van der Waals surface area (Å²) < 4.78 is 26.7. The van der Waals surface area contributed by atoms with Gasteiger partial charge in [0.2, 0.25) is 10.0 Å². The third kappa shape index (κ3) is 3.49. The van der Waals surface area contributed by atoms with E-state index in [1.54, 1.807) is 0 Å². The van der Waals surface area contributed by atoms with Gasteiger partial charge in [-0.1, -0.05) is 0 Å². The van der Waals surface area contributed by atoms with Crippen molar-refractivity contribution < 1.29 is 18.3 Å².